The van der Waals surface area contributed by atoms with Gasteiger partial charge in [0.25, 0.3) is 11.8 Å². The Hall–Kier alpha value is -2.90. The van der Waals surface area contributed by atoms with E-state index in [1.54, 1.807) is 12.1 Å². The van der Waals surface area contributed by atoms with Crippen LogP contribution in [0.3, 0.4) is 0 Å². The molecule has 27 heavy (non-hydrogen) atoms. The summed E-state index contributed by atoms with van der Waals surface area (Å²) in [6.07, 6.45) is 0. The molecule has 0 aliphatic carbocycles. The van der Waals surface area contributed by atoms with Crippen LogP contribution in [0.2, 0.25) is 0 Å². The highest BCUT2D eigenvalue weighted by Gasteiger charge is 2.19. The molecule has 144 valence electrons. The van der Waals surface area contributed by atoms with Gasteiger partial charge in [-0.05, 0) is 49.2 Å². The molecule has 0 radical (unpaired) electrons. The number of rotatable bonds is 8. The number of nitrogens with two attached hydrogens (primary N) is 1. The lowest BCUT2D eigenvalue weighted by Crippen LogP contribution is -2.50. The minimum Gasteiger partial charge on any atom is -0.372 e. The Morgan fingerprint density at radius 1 is 1.00 bits per heavy atom. The monoisotopic (exact) mass is 370 g/mol. The first-order chi connectivity index (χ1) is 13.0. The van der Waals surface area contributed by atoms with Crippen molar-refractivity contribution in [2.75, 3.05) is 24.5 Å². The fourth-order valence-corrected chi connectivity index (χ4v) is 2.82. The maximum Gasteiger partial charge on any atom is 0.267 e. The van der Waals surface area contributed by atoms with E-state index in [-0.39, 0.29) is 6.54 Å². The van der Waals surface area contributed by atoms with E-state index in [9.17, 15) is 9.59 Å². The van der Waals surface area contributed by atoms with Crippen molar-refractivity contribution < 1.29 is 14.8 Å². The molecule has 2 aromatic carbocycles. The maximum absolute atomic E-state index is 12.2. The molecule has 0 aliphatic heterocycles. The second-order valence-electron chi connectivity index (χ2n) is 6.03. The Morgan fingerprint density at radius 2 is 1.52 bits per heavy atom. The third-order valence-corrected chi connectivity index (χ3v) is 4.44. The lowest BCUT2D eigenvalue weighted by atomic mass is 10.0. The van der Waals surface area contributed by atoms with Gasteiger partial charge in [-0.2, -0.15) is 0 Å². The van der Waals surface area contributed by atoms with Crippen LogP contribution in [-0.2, 0) is 4.79 Å². The molecule has 0 fully saturated rings. The topological polar surface area (TPSA) is 108 Å². The van der Waals surface area contributed by atoms with E-state index < -0.39 is 17.9 Å². The highest BCUT2D eigenvalue weighted by Crippen LogP contribution is 2.23. The molecule has 0 saturated carbocycles. The van der Waals surface area contributed by atoms with Gasteiger partial charge in [0.05, 0.1) is 0 Å². The van der Waals surface area contributed by atoms with Crippen molar-refractivity contribution in [1.29, 1.82) is 0 Å². The van der Waals surface area contributed by atoms with Crippen LogP contribution in [-0.4, -0.2) is 42.7 Å². The molecular weight excluding hydrogens is 344 g/mol. The first kappa shape index (κ1) is 20.4. The number of nitrogens with zero attached hydrogens (tertiary/aromatic N) is 1. The van der Waals surface area contributed by atoms with Crippen LogP contribution in [0.25, 0.3) is 11.1 Å². The summed E-state index contributed by atoms with van der Waals surface area (Å²) in [6, 6.07) is 14.4. The van der Waals surface area contributed by atoms with Crippen molar-refractivity contribution >= 4 is 17.5 Å². The van der Waals surface area contributed by atoms with Crippen LogP contribution < -0.4 is 21.4 Å². The number of amides is 2. The molecule has 2 aromatic rings. The van der Waals surface area contributed by atoms with E-state index in [1.165, 1.54) is 11.2 Å². The van der Waals surface area contributed by atoms with Crippen molar-refractivity contribution in [3.8, 4) is 11.1 Å². The number of benzene rings is 2. The summed E-state index contributed by atoms with van der Waals surface area (Å²) in [6.45, 7) is 6.05. The standard InChI is InChI=1S/C20H26N4O3/c1-3-24(4-2)17-11-9-15(10-12-17)14-5-7-16(8-6-14)19(25)22-18(13-21)20(26)23-27/h5-12,18,27H,3-4,13,21H2,1-2H3,(H,22,25)(H,23,26)/t18-/m0/s1. The molecule has 0 bridgehead atoms. The summed E-state index contributed by atoms with van der Waals surface area (Å²) in [7, 11) is 0. The molecule has 7 nitrogen and oxygen atoms in total. The third kappa shape index (κ3) is 5.06. The van der Waals surface area contributed by atoms with Gasteiger partial charge < -0.3 is 16.0 Å². The molecule has 7 heteroatoms. The summed E-state index contributed by atoms with van der Waals surface area (Å²) in [5.41, 5.74) is 10.5. The van der Waals surface area contributed by atoms with Gasteiger partial charge in [-0.3, -0.25) is 14.8 Å². The Balaban J connectivity index is 2.10. The van der Waals surface area contributed by atoms with E-state index in [2.05, 4.69) is 48.3 Å². The fourth-order valence-electron chi connectivity index (χ4n) is 2.82. The van der Waals surface area contributed by atoms with Crippen molar-refractivity contribution in [2.45, 2.75) is 19.9 Å². The molecule has 0 aliphatic rings. The van der Waals surface area contributed by atoms with E-state index in [4.69, 9.17) is 10.9 Å². The highest BCUT2D eigenvalue weighted by molar-refractivity contribution is 5.97. The van der Waals surface area contributed by atoms with Gasteiger partial charge in [0.1, 0.15) is 6.04 Å². The van der Waals surface area contributed by atoms with Gasteiger partial charge in [-0.1, -0.05) is 24.3 Å². The smallest absolute Gasteiger partial charge is 0.267 e. The number of anilines is 1. The van der Waals surface area contributed by atoms with Crippen LogP contribution in [0.1, 0.15) is 24.2 Å². The fraction of sp³-hybridized carbons (Fsp3) is 0.300. The van der Waals surface area contributed by atoms with E-state index in [0.717, 1.165) is 24.2 Å². The zero-order valence-corrected chi connectivity index (χ0v) is 15.6. The molecule has 0 spiro atoms. The van der Waals surface area contributed by atoms with Crippen LogP contribution in [0.15, 0.2) is 48.5 Å². The molecule has 2 amide bonds. The summed E-state index contributed by atoms with van der Waals surface area (Å²) in [5.74, 6) is -1.19. The molecule has 1 atom stereocenters. The molecule has 2 rings (SSSR count). The molecule has 0 unspecified atom stereocenters. The van der Waals surface area contributed by atoms with Gasteiger partial charge in [-0.15, -0.1) is 0 Å². The van der Waals surface area contributed by atoms with E-state index >= 15 is 0 Å². The van der Waals surface area contributed by atoms with Crippen LogP contribution in [0, 0.1) is 0 Å². The second-order valence-corrected chi connectivity index (χ2v) is 6.03. The lowest BCUT2D eigenvalue weighted by molar-refractivity contribution is -0.130. The van der Waals surface area contributed by atoms with Gasteiger partial charge in [-0.25, -0.2) is 5.48 Å². The summed E-state index contributed by atoms with van der Waals surface area (Å²) in [4.78, 5) is 25.9. The van der Waals surface area contributed by atoms with Crippen LogP contribution in [0.4, 0.5) is 5.69 Å². The molecule has 0 aromatic heterocycles. The minimum atomic E-state index is -0.991. The highest BCUT2D eigenvalue weighted by atomic mass is 16.5. The number of carbonyl (C=O) groups is 2. The van der Waals surface area contributed by atoms with Crippen molar-refractivity contribution in [1.82, 2.24) is 10.8 Å². The van der Waals surface area contributed by atoms with Crippen molar-refractivity contribution in [3.05, 3.63) is 54.1 Å². The number of hydrogen-bond donors (Lipinski definition) is 4. The van der Waals surface area contributed by atoms with E-state index in [0.29, 0.717) is 5.56 Å². The van der Waals surface area contributed by atoms with Gasteiger partial charge >= 0.3 is 0 Å². The predicted octanol–water partition coefficient (Wildman–Crippen LogP) is 1.76. The number of hydrogen-bond acceptors (Lipinski definition) is 5. The molecule has 5 N–H and O–H groups in total. The van der Waals surface area contributed by atoms with Crippen molar-refractivity contribution in [3.63, 3.8) is 0 Å². The third-order valence-electron chi connectivity index (χ3n) is 4.44. The Morgan fingerprint density at radius 3 is 1.96 bits per heavy atom. The van der Waals surface area contributed by atoms with Gasteiger partial charge in [0.15, 0.2) is 0 Å². The van der Waals surface area contributed by atoms with Gasteiger partial charge in [0.2, 0.25) is 0 Å². The average Bonchev–Trinajstić information content (AvgIpc) is 2.72. The Bertz CT molecular complexity index is 756. The Labute approximate surface area is 159 Å². The lowest BCUT2D eigenvalue weighted by Gasteiger charge is -2.21. The molecule has 0 saturated heterocycles. The summed E-state index contributed by atoms with van der Waals surface area (Å²) < 4.78 is 0. The zero-order chi connectivity index (χ0) is 19.8. The first-order valence-corrected chi connectivity index (χ1v) is 8.94. The van der Waals surface area contributed by atoms with Gasteiger partial charge in [0, 0.05) is 30.9 Å². The summed E-state index contributed by atoms with van der Waals surface area (Å²) >= 11 is 0. The first-order valence-electron chi connectivity index (χ1n) is 8.94. The number of hydroxylamine groups is 1. The largest absolute Gasteiger partial charge is 0.372 e. The minimum absolute atomic E-state index is 0.116. The van der Waals surface area contributed by atoms with Crippen LogP contribution in [0.5, 0.6) is 0 Å². The van der Waals surface area contributed by atoms with Crippen LogP contribution >= 0.6 is 0 Å². The summed E-state index contributed by atoms with van der Waals surface area (Å²) in [5, 5.41) is 11.1. The maximum atomic E-state index is 12.2. The normalized spacial score (nSPS) is 11.6. The molecular formula is C20H26N4O3. The number of carbonyl (C=O) groups excluding carboxylic acids is 2. The molecule has 0 heterocycles. The predicted molar refractivity (Wildman–Crippen MR) is 106 cm³/mol. The zero-order valence-electron chi connectivity index (χ0n) is 15.6. The Kier molecular flexibility index (Phi) is 7.34. The SMILES string of the molecule is CCN(CC)c1ccc(-c2ccc(C(=O)N[C@@H](CN)C(=O)NO)cc2)cc1. The van der Waals surface area contributed by atoms with E-state index in [1.807, 2.05) is 12.1 Å². The second kappa shape index (κ2) is 9.70. The van der Waals surface area contributed by atoms with Crippen molar-refractivity contribution in [2.24, 2.45) is 5.73 Å². The average molecular weight is 370 g/mol. The number of nitrogens with one attached hydrogen (secondary N) is 2. The quantitative estimate of drug-likeness (QED) is 0.418.